The molecule has 1 aromatic rings. The Bertz CT molecular complexity index is 346. The summed E-state index contributed by atoms with van der Waals surface area (Å²) in [4.78, 5) is 16.9. The van der Waals surface area contributed by atoms with Crippen LogP contribution in [0.25, 0.3) is 0 Å². The Kier molecular flexibility index (Phi) is 6.10. The van der Waals surface area contributed by atoms with Crippen molar-refractivity contribution in [1.29, 1.82) is 0 Å². The van der Waals surface area contributed by atoms with Crippen LogP contribution >= 0.6 is 11.3 Å². The third-order valence-electron chi connectivity index (χ3n) is 2.17. The highest BCUT2D eigenvalue weighted by Crippen LogP contribution is 2.15. The molecule has 0 atom stereocenters. The molecule has 0 unspecified atom stereocenters. The molecule has 0 bridgehead atoms. The molecule has 1 aromatic heterocycles. The Morgan fingerprint density at radius 1 is 1.41 bits per heavy atom. The summed E-state index contributed by atoms with van der Waals surface area (Å²) in [5, 5.41) is 3.68. The maximum atomic E-state index is 11.4. The van der Waals surface area contributed by atoms with Gasteiger partial charge in [0.2, 0.25) is 5.91 Å². The van der Waals surface area contributed by atoms with E-state index in [1.807, 2.05) is 13.8 Å². The molecular formula is C11H18N2O3S. The van der Waals surface area contributed by atoms with E-state index < -0.39 is 0 Å². The van der Waals surface area contributed by atoms with Gasteiger partial charge >= 0.3 is 0 Å². The van der Waals surface area contributed by atoms with Crippen molar-refractivity contribution in [3.05, 3.63) is 15.6 Å². The van der Waals surface area contributed by atoms with Crippen molar-refractivity contribution >= 4 is 17.2 Å². The lowest BCUT2D eigenvalue weighted by molar-refractivity contribution is -0.126. The van der Waals surface area contributed by atoms with Crippen LogP contribution in [0.3, 0.4) is 0 Å². The molecule has 96 valence electrons. The molecule has 17 heavy (non-hydrogen) atoms. The van der Waals surface area contributed by atoms with Gasteiger partial charge in [-0.2, -0.15) is 0 Å². The van der Waals surface area contributed by atoms with Crippen molar-refractivity contribution in [2.75, 3.05) is 26.9 Å². The number of amides is 1. The third-order valence-corrected chi connectivity index (χ3v) is 3.25. The predicted molar refractivity (Wildman–Crippen MR) is 66.1 cm³/mol. The average molecular weight is 258 g/mol. The first-order valence-corrected chi connectivity index (χ1v) is 6.21. The number of aryl methyl sites for hydroxylation is 2. The summed E-state index contributed by atoms with van der Waals surface area (Å²) in [5.41, 5.74) is 1.02. The molecule has 0 spiro atoms. The summed E-state index contributed by atoms with van der Waals surface area (Å²) >= 11 is 1.60. The minimum Gasteiger partial charge on any atom is -0.382 e. The highest BCUT2D eigenvalue weighted by molar-refractivity contribution is 7.11. The lowest BCUT2D eigenvalue weighted by Crippen LogP contribution is -2.27. The van der Waals surface area contributed by atoms with E-state index in [-0.39, 0.29) is 12.5 Å². The average Bonchev–Trinajstić information content (AvgIpc) is 2.62. The standard InChI is InChI=1S/C11H18N2O3S/c1-8-9(2)17-11(13-8)6-12-10(14)7-16-5-4-15-3/h4-7H2,1-3H3,(H,12,14). The zero-order valence-electron chi connectivity index (χ0n) is 10.4. The number of hydrogen-bond donors (Lipinski definition) is 1. The molecule has 0 aliphatic carbocycles. The number of carbonyl (C=O) groups excluding carboxylic acids is 1. The summed E-state index contributed by atoms with van der Waals surface area (Å²) < 4.78 is 9.90. The lowest BCUT2D eigenvalue weighted by Gasteiger charge is -2.04. The van der Waals surface area contributed by atoms with E-state index in [0.29, 0.717) is 19.8 Å². The zero-order valence-corrected chi connectivity index (χ0v) is 11.2. The number of methoxy groups -OCH3 is 1. The van der Waals surface area contributed by atoms with Gasteiger partial charge in [0, 0.05) is 12.0 Å². The molecule has 1 rings (SSSR count). The molecule has 0 aliphatic rings. The molecule has 0 aromatic carbocycles. The van der Waals surface area contributed by atoms with E-state index in [1.54, 1.807) is 18.4 Å². The van der Waals surface area contributed by atoms with Gasteiger partial charge in [-0.1, -0.05) is 0 Å². The highest BCUT2D eigenvalue weighted by Gasteiger charge is 2.05. The third kappa shape index (κ3) is 5.25. The van der Waals surface area contributed by atoms with Crippen molar-refractivity contribution in [2.24, 2.45) is 0 Å². The Morgan fingerprint density at radius 3 is 2.76 bits per heavy atom. The largest absolute Gasteiger partial charge is 0.382 e. The summed E-state index contributed by atoms with van der Waals surface area (Å²) in [6.45, 7) is 5.44. The van der Waals surface area contributed by atoms with Crippen LogP contribution in [0.2, 0.25) is 0 Å². The number of nitrogens with zero attached hydrogens (tertiary/aromatic N) is 1. The van der Waals surface area contributed by atoms with Crippen LogP contribution in [-0.2, 0) is 20.8 Å². The number of thiazole rings is 1. The second kappa shape index (κ2) is 7.37. The summed E-state index contributed by atoms with van der Waals surface area (Å²) in [7, 11) is 1.59. The second-order valence-corrected chi connectivity index (χ2v) is 4.86. The van der Waals surface area contributed by atoms with Crippen LogP contribution in [0, 0.1) is 13.8 Å². The van der Waals surface area contributed by atoms with Crippen molar-refractivity contribution in [3.63, 3.8) is 0 Å². The van der Waals surface area contributed by atoms with Crippen LogP contribution in [0.1, 0.15) is 15.6 Å². The Balaban J connectivity index is 2.19. The first-order chi connectivity index (χ1) is 8.13. The van der Waals surface area contributed by atoms with Gasteiger partial charge in [0.25, 0.3) is 0 Å². The molecule has 0 radical (unpaired) electrons. The first-order valence-electron chi connectivity index (χ1n) is 5.39. The van der Waals surface area contributed by atoms with E-state index >= 15 is 0 Å². The molecule has 1 N–H and O–H groups in total. The number of ether oxygens (including phenoxy) is 2. The van der Waals surface area contributed by atoms with Gasteiger partial charge in [0.15, 0.2) is 0 Å². The van der Waals surface area contributed by atoms with Crippen LogP contribution in [0.15, 0.2) is 0 Å². The molecular weight excluding hydrogens is 240 g/mol. The van der Waals surface area contributed by atoms with Crippen molar-refractivity contribution in [1.82, 2.24) is 10.3 Å². The first kappa shape index (κ1) is 14.1. The monoisotopic (exact) mass is 258 g/mol. The topological polar surface area (TPSA) is 60.5 Å². The maximum Gasteiger partial charge on any atom is 0.246 e. The maximum absolute atomic E-state index is 11.4. The molecule has 6 heteroatoms. The van der Waals surface area contributed by atoms with Crippen LogP contribution in [0.4, 0.5) is 0 Å². The predicted octanol–water partition coefficient (Wildman–Crippen LogP) is 1.04. The van der Waals surface area contributed by atoms with E-state index in [9.17, 15) is 4.79 Å². The molecule has 1 amide bonds. The Labute approximate surface area is 105 Å². The molecule has 0 saturated carbocycles. The Morgan fingerprint density at radius 2 is 2.18 bits per heavy atom. The molecule has 0 saturated heterocycles. The molecule has 1 heterocycles. The lowest BCUT2D eigenvalue weighted by atomic mass is 10.4. The van der Waals surface area contributed by atoms with Gasteiger partial charge in [-0.25, -0.2) is 4.98 Å². The SMILES string of the molecule is COCCOCC(=O)NCc1nc(C)c(C)s1. The van der Waals surface area contributed by atoms with Gasteiger partial charge in [0.05, 0.1) is 25.5 Å². The summed E-state index contributed by atoms with van der Waals surface area (Å²) in [6, 6.07) is 0. The fourth-order valence-electron chi connectivity index (χ4n) is 1.15. The van der Waals surface area contributed by atoms with E-state index in [4.69, 9.17) is 9.47 Å². The quantitative estimate of drug-likeness (QED) is 0.742. The minimum absolute atomic E-state index is 0.0622. The van der Waals surface area contributed by atoms with Crippen molar-refractivity contribution in [3.8, 4) is 0 Å². The van der Waals surface area contributed by atoms with Gasteiger partial charge in [-0.05, 0) is 13.8 Å². The number of hydrogen-bond acceptors (Lipinski definition) is 5. The van der Waals surface area contributed by atoms with E-state index in [1.165, 1.54) is 4.88 Å². The number of aromatic nitrogens is 1. The fourth-order valence-corrected chi connectivity index (χ4v) is 2.02. The number of rotatable bonds is 7. The number of nitrogens with one attached hydrogen (secondary N) is 1. The number of carbonyl (C=O) groups is 1. The van der Waals surface area contributed by atoms with Crippen LogP contribution in [-0.4, -0.2) is 37.8 Å². The van der Waals surface area contributed by atoms with Crippen molar-refractivity contribution < 1.29 is 14.3 Å². The second-order valence-electron chi connectivity index (χ2n) is 3.57. The normalized spacial score (nSPS) is 10.5. The van der Waals surface area contributed by atoms with Gasteiger partial charge in [-0.3, -0.25) is 4.79 Å². The summed E-state index contributed by atoms with van der Waals surface area (Å²) in [6.07, 6.45) is 0. The minimum atomic E-state index is -0.133. The van der Waals surface area contributed by atoms with E-state index in [2.05, 4.69) is 10.3 Å². The fraction of sp³-hybridized carbons (Fsp3) is 0.636. The van der Waals surface area contributed by atoms with Gasteiger partial charge in [0.1, 0.15) is 11.6 Å². The van der Waals surface area contributed by atoms with Crippen molar-refractivity contribution in [2.45, 2.75) is 20.4 Å². The summed E-state index contributed by atoms with van der Waals surface area (Å²) in [5.74, 6) is -0.133. The zero-order chi connectivity index (χ0) is 12.7. The molecule has 0 fully saturated rings. The highest BCUT2D eigenvalue weighted by atomic mass is 32.1. The molecule has 5 nitrogen and oxygen atoms in total. The Hall–Kier alpha value is -0.980. The van der Waals surface area contributed by atoms with Crippen LogP contribution in [0.5, 0.6) is 0 Å². The van der Waals surface area contributed by atoms with Crippen LogP contribution < -0.4 is 5.32 Å². The van der Waals surface area contributed by atoms with Gasteiger partial charge < -0.3 is 14.8 Å². The van der Waals surface area contributed by atoms with E-state index in [0.717, 1.165) is 10.7 Å². The van der Waals surface area contributed by atoms with Gasteiger partial charge in [-0.15, -0.1) is 11.3 Å². The molecule has 0 aliphatic heterocycles. The smallest absolute Gasteiger partial charge is 0.246 e.